The summed E-state index contributed by atoms with van der Waals surface area (Å²) in [6, 6.07) is 1.94. The third kappa shape index (κ3) is 2.63. The van der Waals surface area contributed by atoms with E-state index in [1.54, 1.807) is 19.1 Å². The second-order valence-corrected chi connectivity index (χ2v) is 4.18. The van der Waals surface area contributed by atoms with E-state index in [1.807, 2.05) is 0 Å². The van der Waals surface area contributed by atoms with E-state index < -0.39 is 18.1 Å². The molecular weight excluding hydrogens is 266 g/mol. The number of benzene rings is 1. The van der Waals surface area contributed by atoms with E-state index in [4.69, 9.17) is 24.7 Å². The number of carbonyl (C=O) groups excluding carboxylic acids is 1. The van der Waals surface area contributed by atoms with E-state index in [0.29, 0.717) is 22.8 Å². The minimum absolute atomic E-state index is 0.0785. The summed E-state index contributed by atoms with van der Waals surface area (Å²) in [7, 11) is 1.47. The van der Waals surface area contributed by atoms with E-state index in [0.717, 1.165) is 0 Å². The highest BCUT2D eigenvalue weighted by molar-refractivity contribution is 5.76. The number of carbonyl (C=O) groups is 1. The fourth-order valence-electron chi connectivity index (χ4n) is 1.90. The first kappa shape index (κ1) is 14.4. The van der Waals surface area contributed by atoms with Gasteiger partial charge in [-0.3, -0.25) is 4.79 Å². The number of ether oxygens (including phenoxy) is 4. The molecule has 1 heterocycles. The Kier molecular flexibility index (Phi) is 4.31. The standard InChI is InChI=1S/C13H17NO6/c1-3-18-13(16)10(14)11(15)7-4-8(17-2)12-9(5-7)19-6-20-12/h4-5,10-11,15H,3,6,14H2,1-2H3. The Morgan fingerprint density at radius 1 is 1.50 bits per heavy atom. The summed E-state index contributed by atoms with van der Waals surface area (Å²) in [5.74, 6) is 0.643. The number of aliphatic hydroxyl groups excluding tert-OH is 1. The van der Waals surface area contributed by atoms with Gasteiger partial charge in [0.2, 0.25) is 12.5 Å². The van der Waals surface area contributed by atoms with Crippen LogP contribution in [0.3, 0.4) is 0 Å². The number of hydrogen-bond acceptors (Lipinski definition) is 7. The van der Waals surface area contributed by atoms with E-state index >= 15 is 0 Å². The summed E-state index contributed by atoms with van der Waals surface area (Å²) in [5.41, 5.74) is 6.07. The molecule has 1 aliphatic heterocycles. The zero-order valence-electron chi connectivity index (χ0n) is 11.3. The molecule has 2 unspecified atom stereocenters. The molecule has 0 bridgehead atoms. The minimum atomic E-state index is -1.22. The van der Waals surface area contributed by atoms with E-state index in [1.165, 1.54) is 7.11 Å². The molecule has 1 aromatic carbocycles. The average Bonchev–Trinajstić information content (AvgIpc) is 2.93. The van der Waals surface area contributed by atoms with Crippen molar-refractivity contribution in [2.45, 2.75) is 19.1 Å². The number of aliphatic hydroxyl groups is 1. The van der Waals surface area contributed by atoms with Crippen molar-refractivity contribution < 1.29 is 28.8 Å². The first-order valence-corrected chi connectivity index (χ1v) is 6.16. The smallest absolute Gasteiger partial charge is 0.325 e. The molecule has 0 aliphatic carbocycles. The number of esters is 1. The van der Waals surface area contributed by atoms with Crippen LogP contribution < -0.4 is 19.9 Å². The molecule has 7 heteroatoms. The van der Waals surface area contributed by atoms with Crippen LogP contribution >= 0.6 is 0 Å². The van der Waals surface area contributed by atoms with Crippen LogP contribution in [-0.2, 0) is 9.53 Å². The zero-order valence-corrected chi connectivity index (χ0v) is 11.3. The second kappa shape index (κ2) is 5.98. The molecule has 0 fully saturated rings. The summed E-state index contributed by atoms with van der Waals surface area (Å²) in [6.45, 7) is 1.94. The van der Waals surface area contributed by atoms with Crippen LogP contribution in [0, 0.1) is 0 Å². The normalized spacial score (nSPS) is 15.6. The lowest BCUT2D eigenvalue weighted by Crippen LogP contribution is -2.38. The third-order valence-electron chi connectivity index (χ3n) is 2.92. The SMILES string of the molecule is CCOC(=O)C(N)C(O)c1cc(OC)c2c(c1)OCO2. The molecule has 1 aliphatic rings. The number of rotatable bonds is 5. The Morgan fingerprint density at radius 3 is 2.90 bits per heavy atom. The van der Waals surface area contributed by atoms with Crippen molar-refractivity contribution in [1.82, 2.24) is 0 Å². The van der Waals surface area contributed by atoms with E-state index in [2.05, 4.69) is 0 Å². The van der Waals surface area contributed by atoms with Crippen molar-refractivity contribution in [3.63, 3.8) is 0 Å². The van der Waals surface area contributed by atoms with Gasteiger partial charge in [-0.05, 0) is 24.6 Å². The Balaban J connectivity index is 2.26. The average molecular weight is 283 g/mol. The molecule has 20 heavy (non-hydrogen) atoms. The largest absolute Gasteiger partial charge is 0.493 e. The van der Waals surface area contributed by atoms with E-state index in [-0.39, 0.29) is 13.4 Å². The van der Waals surface area contributed by atoms with Crippen molar-refractivity contribution in [1.29, 1.82) is 0 Å². The molecule has 7 nitrogen and oxygen atoms in total. The molecule has 0 amide bonds. The first-order valence-electron chi connectivity index (χ1n) is 6.16. The molecular formula is C13H17NO6. The van der Waals surface area contributed by atoms with Crippen molar-refractivity contribution in [2.24, 2.45) is 5.73 Å². The van der Waals surface area contributed by atoms with Crippen molar-refractivity contribution in [2.75, 3.05) is 20.5 Å². The molecule has 0 saturated carbocycles. The monoisotopic (exact) mass is 283 g/mol. The highest BCUT2D eigenvalue weighted by Crippen LogP contribution is 2.43. The van der Waals surface area contributed by atoms with Gasteiger partial charge in [0.25, 0.3) is 0 Å². The van der Waals surface area contributed by atoms with Gasteiger partial charge < -0.3 is 29.8 Å². The highest BCUT2D eigenvalue weighted by Gasteiger charge is 2.29. The van der Waals surface area contributed by atoms with Crippen LogP contribution in [0.4, 0.5) is 0 Å². The predicted octanol–water partition coefficient (Wildman–Crippen LogP) is 0.348. The van der Waals surface area contributed by atoms with Gasteiger partial charge in [-0.15, -0.1) is 0 Å². The van der Waals surface area contributed by atoms with E-state index in [9.17, 15) is 9.90 Å². The quantitative estimate of drug-likeness (QED) is 0.752. The Bertz CT molecular complexity index is 504. The van der Waals surface area contributed by atoms with Crippen molar-refractivity contribution >= 4 is 5.97 Å². The number of hydrogen-bond donors (Lipinski definition) is 2. The van der Waals surface area contributed by atoms with Gasteiger partial charge in [0, 0.05) is 0 Å². The van der Waals surface area contributed by atoms with Crippen LogP contribution in [0.1, 0.15) is 18.6 Å². The molecule has 0 saturated heterocycles. The molecule has 2 atom stereocenters. The molecule has 0 aromatic heterocycles. The summed E-state index contributed by atoms with van der Waals surface area (Å²) < 4.78 is 20.4. The summed E-state index contributed by atoms with van der Waals surface area (Å²) in [5, 5.41) is 10.2. The Hall–Kier alpha value is -1.99. The maximum Gasteiger partial charge on any atom is 0.325 e. The van der Waals surface area contributed by atoms with Crippen LogP contribution in [0.2, 0.25) is 0 Å². The van der Waals surface area contributed by atoms with Gasteiger partial charge in [0.05, 0.1) is 13.7 Å². The molecule has 2 rings (SSSR count). The second-order valence-electron chi connectivity index (χ2n) is 4.18. The van der Waals surface area contributed by atoms with Crippen LogP contribution in [0.15, 0.2) is 12.1 Å². The van der Waals surface area contributed by atoms with Gasteiger partial charge >= 0.3 is 5.97 Å². The molecule has 0 radical (unpaired) electrons. The van der Waals surface area contributed by atoms with Gasteiger partial charge in [0.1, 0.15) is 12.1 Å². The summed E-state index contributed by atoms with van der Waals surface area (Å²) in [6.07, 6.45) is -1.22. The molecule has 3 N–H and O–H groups in total. The summed E-state index contributed by atoms with van der Waals surface area (Å²) >= 11 is 0. The fraction of sp³-hybridized carbons (Fsp3) is 0.462. The topological polar surface area (TPSA) is 100 Å². The number of nitrogens with two attached hydrogens (primary N) is 1. The third-order valence-corrected chi connectivity index (χ3v) is 2.92. The highest BCUT2D eigenvalue weighted by atomic mass is 16.7. The van der Waals surface area contributed by atoms with Crippen molar-refractivity contribution in [3.8, 4) is 17.2 Å². The summed E-state index contributed by atoms with van der Waals surface area (Å²) in [4.78, 5) is 11.6. The van der Waals surface area contributed by atoms with Crippen LogP contribution in [-0.4, -0.2) is 37.6 Å². The predicted molar refractivity (Wildman–Crippen MR) is 68.7 cm³/mol. The van der Waals surface area contributed by atoms with Gasteiger partial charge in [-0.1, -0.05) is 0 Å². The maximum atomic E-state index is 11.6. The first-order chi connectivity index (χ1) is 9.58. The Morgan fingerprint density at radius 2 is 2.25 bits per heavy atom. The van der Waals surface area contributed by atoms with Crippen LogP contribution in [0.5, 0.6) is 17.2 Å². The maximum absolute atomic E-state index is 11.6. The molecule has 110 valence electrons. The fourth-order valence-corrected chi connectivity index (χ4v) is 1.90. The lowest BCUT2D eigenvalue weighted by molar-refractivity contribution is -0.147. The number of methoxy groups -OCH3 is 1. The van der Waals surface area contributed by atoms with Crippen molar-refractivity contribution in [3.05, 3.63) is 17.7 Å². The lowest BCUT2D eigenvalue weighted by Gasteiger charge is -2.18. The molecule has 1 aromatic rings. The lowest BCUT2D eigenvalue weighted by atomic mass is 10.0. The van der Waals surface area contributed by atoms with Gasteiger partial charge in [-0.2, -0.15) is 0 Å². The van der Waals surface area contributed by atoms with Gasteiger partial charge in [0.15, 0.2) is 11.5 Å². The Labute approximate surface area is 116 Å². The zero-order chi connectivity index (χ0) is 14.7. The number of fused-ring (bicyclic) bond motifs is 1. The minimum Gasteiger partial charge on any atom is -0.493 e. The molecule has 0 spiro atoms. The van der Waals surface area contributed by atoms with Crippen LogP contribution in [0.25, 0.3) is 0 Å². The van der Waals surface area contributed by atoms with Gasteiger partial charge in [-0.25, -0.2) is 0 Å².